The lowest BCUT2D eigenvalue weighted by Gasteiger charge is -2.34. The second-order valence-electron chi connectivity index (χ2n) is 7.57. The fraction of sp³-hybridized carbons (Fsp3) is 0.333. The van der Waals surface area contributed by atoms with Gasteiger partial charge in [0, 0.05) is 30.3 Å². The number of hydrogen-bond donors (Lipinski definition) is 4. The Morgan fingerprint density at radius 3 is 2.70 bits per heavy atom. The highest BCUT2D eigenvalue weighted by Gasteiger charge is 2.36. The molecule has 0 aromatic heterocycles. The highest BCUT2D eigenvalue weighted by Crippen LogP contribution is 2.36. The van der Waals surface area contributed by atoms with Crippen LogP contribution in [0.5, 0.6) is 11.5 Å². The molecule has 0 aliphatic heterocycles. The van der Waals surface area contributed by atoms with Crippen LogP contribution in [0.4, 0.5) is 0 Å². The third-order valence-electron chi connectivity index (χ3n) is 5.30. The standard InChI is InChI=1S/C24H27IN2O6/c1-32-21-10-16(14-29)9-18(25)23(21)33-20-12-17(24(31)26-7-8-28)11-19(22(20)30)27-13-15-5-3-2-4-6-15/h2-6,9-10,12,14,19-20,22,27-28,30H,7-8,11,13H2,1H3,(H,26,31)/t19-,20+,22+/m1/s1. The molecule has 4 N–H and O–H groups in total. The van der Waals surface area contributed by atoms with Gasteiger partial charge in [-0.25, -0.2) is 0 Å². The molecule has 1 aliphatic carbocycles. The molecule has 0 saturated heterocycles. The monoisotopic (exact) mass is 566 g/mol. The first kappa shape index (κ1) is 25.2. The molecule has 176 valence electrons. The fourth-order valence-electron chi connectivity index (χ4n) is 3.60. The van der Waals surface area contributed by atoms with Crippen LogP contribution in [0.3, 0.4) is 0 Å². The summed E-state index contributed by atoms with van der Waals surface area (Å²) in [6.45, 7) is 0.469. The summed E-state index contributed by atoms with van der Waals surface area (Å²) in [6, 6.07) is 12.5. The first-order chi connectivity index (χ1) is 16.0. The molecular weight excluding hydrogens is 539 g/mol. The topological polar surface area (TPSA) is 117 Å². The number of rotatable bonds is 10. The minimum atomic E-state index is -0.950. The van der Waals surface area contributed by atoms with E-state index in [0.717, 1.165) is 11.8 Å². The summed E-state index contributed by atoms with van der Waals surface area (Å²) in [5.74, 6) is 0.409. The van der Waals surface area contributed by atoms with E-state index < -0.39 is 18.2 Å². The van der Waals surface area contributed by atoms with Crippen molar-refractivity contribution in [3.8, 4) is 11.5 Å². The van der Waals surface area contributed by atoms with Crippen molar-refractivity contribution in [3.63, 3.8) is 0 Å². The number of methoxy groups -OCH3 is 1. The Hall–Kier alpha value is -2.47. The van der Waals surface area contributed by atoms with Crippen LogP contribution < -0.4 is 20.1 Å². The quantitative estimate of drug-likeness (QED) is 0.256. The Balaban J connectivity index is 1.87. The van der Waals surface area contributed by atoms with Crippen molar-refractivity contribution >= 4 is 34.8 Å². The molecule has 0 saturated carbocycles. The maximum absolute atomic E-state index is 12.6. The number of aldehydes is 1. The van der Waals surface area contributed by atoms with Crippen LogP contribution in [0.15, 0.2) is 54.1 Å². The molecule has 2 aromatic carbocycles. The minimum Gasteiger partial charge on any atom is -0.493 e. The molecule has 0 spiro atoms. The average Bonchev–Trinajstić information content (AvgIpc) is 2.84. The summed E-state index contributed by atoms with van der Waals surface area (Å²) in [4.78, 5) is 23.8. The fourth-order valence-corrected chi connectivity index (χ4v) is 4.36. The Kier molecular flexibility index (Phi) is 9.24. The van der Waals surface area contributed by atoms with E-state index in [2.05, 4.69) is 10.6 Å². The normalized spacial score (nSPS) is 20.0. The summed E-state index contributed by atoms with van der Waals surface area (Å²) in [5.41, 5.74) is 1.93. The number of amides is 1. The largest absolute Gasteiger partial charge is 0.493 e. The van der Waals surface area contributed by atoms with E-state index in [0.29, 0.717) is 39.2 Å². The van der Waals surface area contributed by atoms with Crippen LogP contribution >= 0.6 is 22.6 Å². The smallest absolute Gasteiger partial charge is 0.247 e. The number of aliphatic hydroxyl groups is 2. The highest BCUT2D eigenvalue weighted by molar-refractivity contribution is 14.1. The lowest BCUT2D eigenvalue weighted by Crippen LogP contribution is -2.51. The van der Waals surface area contributed by atoms with Gasteiger partial charge in [-0.05, 0) is 52.8 Å². The number of benzene rings is 2. The maximum atomic E-state index is 12.6. The van der Waals surface area contributed by atoms with E-state index in [-0.39, 0.29) is 19.1 Å². The van der Waals surface area contributed by atoms with Crippen LogP contribution in [0.25, 0.3) is 0 Å². The van der Waals surface area contributed by atoms with E-state index in [1.54, 1.807) is 18.2 Å². The van der Waals surface area contributed by atoms with Crippen molar-refractivity contribution < 1.29 is 29.3 Å². The number of carbonyl (C=O) groups is 2. The van der Waals surface area contributed by atoms with Crippen molar-refractivity contribution in [2.24, 2.45) is 0 Å². The number of halogens is 1. The summed E-state index contributed by atoms with van der Waals surface area (Å²) < 4.78 is 12.2. The molecule has 1 amide bonds. The van der Waals surface area contributed by atoms with Crippen LogP contribution in [-0.4, -0.2) is 60.9 Å². The molecule has 0 fully saturated rings. The van der Waals surface area contributed by atoms with Gasteiger partial charge in [0.15, 0.2) is 11.5 Å². The third kappa shape index (κ3) is 6.53. The van der Waals surface area contributed by atoms with Gasteiger partial charge in [-0.15, -0.1) is 0 Å². The predicted octanol–water partition coefficient (Wildman–Crippen LogP) is 1.82. The lowest BCUT2D eigenvalue weighted by atomic mass is 9.89. The van der Waals surface area contributed by atoms with E-state index >= 15 is 0 Å². The van der Waals surface area contributed by atoms with E-state index in [9.17, 15) is 14.7 Å². The molecule has 2 aromatic rings. The van der Waals surface area contributed by atoms with Gasteiger partial charge in [-0.1, -0.05) is 30.3 Å². The molecule has 8 nitrogen and oxygen atoms in total. The molecule has 9 heteroatoms. The number of carbonyl (C=O) groups excluding carboxylic acids is 2. The van der Waals surface area contributed by atoms with Gasteiger partial charge in [-0.3, -0.25) is 9.59 Å². The Morgan fingerprint density at radius 2 is 2.03 bits per heavy atom. The van der Waals surface area contributed by atoms with E-state index in [1.165, 1.54) is 7.11 Å². The van der Waals surface area contributed by atoms with Gasteiger partial charge in [0.05, 0.1) is 17.3 Å². The van der Waals surface area contributed by atoms with Crippen molar-refractivity contribution in [2.75, 3.05) is 20.3 Å². The maximum Gasteiger partial charge on any atom is 0.247 e. The lowest BCUT2D eigenvalue weighted by molar-refractivity contribution is -0.118. The van der Waals surface area contributed by atoms with Gasteiger partial charge < -0.3 is 30.3 Å². The summed E-state index contributed by atoms with van der Waals surface area (Å²) in [5, 5.41) is 26.1. The zero-order valence-corrected chi connectivity index (χ0v) is 20.3. The summed E-state index contributed by atoms with van der Waals surface area (Å²) in [7, 11) is 1.47. The summed E-state index contributed by atoms with van der Waals surface area (Å²) >= 11 is 2.04. The van der Waals surface area contributed by atoms with Gasteiger partial charge in [0.2, 0.25) is 5.91 Å². The van der Waals surface area contributed by atoms with Gasteiger partial charge >= 0.3 is 0 Å². The molecule has 33 heavy (non-hydrogen) atoms. The second kappa shape index (κ2) is 12.1. The summed E-state index contributed by atoms with van der Waals surface area (Å²) in [6.07, 6.45) is 0.822. The average molecular weight is 566 g/mol. The Bertz CT molecular complexity index is 998. The van der Waals surface area contributed by atoms with Crippen LogP contribution in [0.2, 0.25) is 0 Å². The molecule has 3 rings (SSSR count). The molecule has 0 bridgehead atoms. The molecule has 0 radical (unpaired) electrons. The van der Waals surface area contributed by atoms with Gasteiger partial charge in [0.25, 0.3) is 0 Å². The molecule has 3 atom stereocenters. The van der Waals surface area contributed by atoms with Crippen LogP contribution in [0.1, 0.15) is 22.3 Å². The van der Waals surface area contributed by atoms with Gasteiger partial charge in [0.1, 0.15) is 18.5 Å². The van der Waals surface area contributed by atoms with E-state index in [1.807, 2.05) is 52.9 Å². The first-order valence-corrected chi connectivity index (χ1v) is 11.6. The minimum absolute atomic E-state index is 0.130. The number of nitrogens with one attached hydrogen (secondary N) is 2. The van der Waals surface area contributed by atoms with Gasteiger partial charge in [-0.2, -0.15) is 0 Å². The first-order valence-electron chi connectivity index (χ1n) is 10.5. The Morgan fingerprint density at radius 1 is 1.27 bits per heavy atom. The second-order valence-corrected chi connectivity index (χ2v) is 8.74. The van der Waals surface area contributed by atoms with Crippen LogP contribution in [0, 0.1) is 3.57 Å². The zero-order valence-electron chi connectivity index (χ0n) is 18.2. The van der Waals surface area contributed by atoms with Crippen molar-refractivity contribution in [1.82, 2.24) is 10.6 Å². The molecule has 0 unspecified atom stereocenters. The number of aliphatic hydroxyl groups excluding tert-OH is 2. The van der Waals surface area contributed by atoms with E-state index in [4.69, 9.17) is 14.6 Å². The Labute approximate surface area is 206 Å². The number of hydrogen-bond acceptors (Lipinski definition) is 7. The zero-order chi connectivity index (χ0) is 23.8. The highest BCUT2D eigenvalue weighted by atomic mass is 127. The third-order valence-corrected chi connectivity index (χ3v) is 6.10. The molecule has 0 heterocycles. The SMILES string of the molecule is COc1cc(C=O)cc(I)c1O[C@H]1C=C(C(=O)NCCO)C[C@@H](NCc2ccccc2)[C@@H]1O. The predicted molar refractivity (Wildman–Crippen MR) is 131 cm³/mol. The van der Waals surface area contributed by atoms with Crippen LogP contribution in [-0.2, 0) is 11.3 Å². The molecule has 1 aliphatic rings. The van der Waals surface area contributed by atoms with Crippen molar-refractivity contribution in [2.45, 2.75) is 31.2 Å². The van der Waals surface area contributed by atoms with Crippen molar-refractivity contribution in [1.29, 1.82) is 0 Å². The molecular formula is C24H27IN2O6. The number of ether oxygens (including phenoxy) is 2. The van der Waals surface area contributed by atoms with Crippen molar-refractivity contribution in [3.05, 3.63) is 68.8 Å².